The van der Waals surface area contributed by atoms with Gasteiger partial charge < -0.3 is 5.32 Å². The lowest BCUT2D eigenvalue weighted by molar-refractivity contribution is 0.542. The lowest BCUT2D eigenvalue weighted by Gasteiger charge is -2.15. The number of halogens is 1. The first kappa shape index (κ1) is 18.1. The van der Waals surface area contributed by atoms with Gasteiger partial charge in [0.2, 0.25) is 10.0 Å². The van der Waals surface area contributed by atoms with Gasteiger partial charge in [-0.2, -0.15) is 0 Å². The highest BCUT2D eigenvalue weighted by Crippen LogP contribution is 2.20. The second kappa shape index (κ2) is 7.87. The average molecular weight is 316 g/mol. The maximum absolute atomic E-state index is 14.0. The maximum atomic E-state index is 14.0. The number of hydrogen-bond donors (Lipinski definition) is 2. The van der Waals surface area contributed by atoms with Crippen molar-refractivity contribution in [3.8, 4) is 0 Å². The Bertz CT molecular complexity index is 573. The summed E-state index contributed by atoms with van der Waals surface area (Å²) in [5, 5.41) is 3.02. The highest BCUT2D eigenvalue weighted by atomic mass is 32.2. The number of rotatable bonds is 8. The molecule has 0 spiro atoms. The van der Waals surface area contributed by atoms with Gasteiger partial charge in [-0.25, -0.2) is 17.5 Å². The second-order valence-corrected chi connectivity index (χ2v) is 7.02. The fraction of sp³-hybridized carbons (Fsp3) is 0.600. The molecule has 6 heteroatoms. The lowest BCUT2D eigenvalue weighted by atomic mass is 10.1. The molecule has 120 valence electrons. The zero-order valence-corrected chi connectivity index (χ0v) is 14.0. The van der Waals surface area contributed by atoms with Crippen LogP contribution in [-0.4, -0.2) is 21.0 Å². The number of sulfonamides is 1. The summed E-state index contributed by atoms with van der Waals surface area (Å²) < 4.78 is 41.4. The van der Waals surface area contributed by atoms with Crippen LogP contribution in [-0.2, 0) is 16.6 Å². The first-order valence-corrected chi connectivity index (χ1v) is 8.82. The molecule has 1 atom stereocenters. The van der Waals surface area contributed by atoms with Gasteiger partial charge in [-0.15, -0.1) is 0 Å². The van der Waals surface area contributed by atoms with E-state index in [0.717, 1.165) is 12.8 Å². The van der Waals surface area contributed by atoms with Crippen molar-refractivity contribution in [1.29, 1.82) is 0 Å². The van der Waals surface area contributed by atoms with E-state index in [2.05, 4.69) is 10.0 Å². The number of benzene rings is 1. The van der Waals surface area contributed by atoms with Gasteiger partial charge in [-0.3, -0.25) is 0 Å². The van der Waals surface area contributed by atoms with E-state index in [9.17, 15) is 12.8 Å². The summed E-state index contributed by atoms with van der Waals surface area (Å²) >= 11 is 0. The molecule has 0 radical (unpaired) electrons. The molecule has 0 saturated carbocycles. The largest absolute Gasteiger partial charge is 0.313 e. The molecule has 0 amide bonds. The topological polar surface area (TPSA) is 58.2 Å². The summed E-state index contributed by atoms with van der Waals surface area (Å²) in [5.74, 6) is -0.350. The number of hydrogen-bond acceptors (Lipinski definition) is 3. The summed E-state index contributed by atoms with van der Waals surface area (Å²) in [6.07, 6.45) is 1.67. The van der Waals surface area contributed by atoms with E-state index in [0.29, 0.717) is 24.2 Å². The molecule has 0 aromatic heterocycles. The molecule has 1 unspecified atom stereocenters. The number of nitrogens with one attached hydrogen (secondary N) is 2. The Morgan fingerprint density at radius 1 is 1.29 bits per heavy atom. The van der Waals surface area contributed by atoms with Gasteiger partial charge in [0.1, 0.15) is 5.82 Å². The molecular weight excluding hydrogens is 291 g/mol. The Labute approximate surface area is 127 Å². The van der Waals surface area contributed by atoms with Gasteiger partial charge in [0, 0.05) is 18.2 Å². The molecule has 1 rings (SSSR count). The molecule has 0 aliphatic heterocycles. The van der Waals surface area contributed by atoms with Crippen LogP contribution in [0.1, 0.15) is 44.7 Å². The molecule has 1 aromatic carbocycles. The van der Waals surface area contributed by atoms with Crippen molar-refractivity contribution in [2.24, 2.45) is 0 Å². The zero-order chi connectivity index (χ0) is 16.0. The normalized spacial score (nSPS) is 13.4. The van der Waals surface area contributed by atoms with Gasteiger partial charge in [-0.1, -0.05) is 20.3 Å². The molecule has 0 heterocycles. The monoisotopic (exact) mass is 316 g/mol. The third-order valence-corrected chi connectivity index (χ3v) is 4.83. The molecule has 0 aliphatic carbocycles. The Morgan fingerprint density at radius 2 is 1.95 bits per heavy atom. The molecule has 0 bridgehead atoms. The van der Waals surface area contributed by atoms with E-state index in [1.807, 2.05) is 20.8 Å². The fourth-order valence-electron chi connectivity index (χ4n) is 2.18. The standard InChI is InChI=1S/C15H25FN2O2S/c1-5-7-12(4)18-21(19,20)14-8-11(3)15(16)13(9-14)10-17-6-2/h8-9,12,17-18H,5-7,10H2,1-4H3. The van der Waals surface area contributed by atoms with E-state index in [-0.39, 0.29) is 16.8 Å². The van der Waals surface area contributed by atoms with Crippen molar-refractivity contribution in [1.82, 2.24) is 10.0 Å². The van der Waals surface area contributed by atoms with Crippen LogP contribution in [0, 0.1) is 12.7 Å². The van der Waals surface area contributed by atoms with Crippen molar-refractivity contribution >= 4 is 10.0 Å². The Balaban J connectivity index is 3.09. The Kier molecular flexibility index (Phi) is 6.77. The van der Waals surface area contributed by atoms with Crippen molar-refractivity contribution < 1.29 is 12.8 Å². The molecule has 0 saturated heterocycles. The van der Waals surface area contributed by atoms with Crippen LogP contribution < -0.4 is 10.0 Å². The minimum atomic E-state index is -3.61. The van der Waals surface area contributed by atoms with Gasteiger partial charge in [0.15, 0.2) is 0 Å². The first-order chi connectivity index (χ1) is 9.81. The van der Waals surface area contributed by atoms with Crippen LogP contribution in [0.5, 0.6) is 0 Å². The first-order valence-electron chi connectivity index (χ1n) is 7.33. The second-order valence-electron chi connectivity index (χ2n) is 5.30. The summed E-state index contributed by atoms with van der Waals surface area (Å²) in [6, 6.07) is 2.65. The van der Waals surface area contributed by atoms with E-state index < -0.39 is 10.0 Å². The highest BCUT2D eigenvalue weighted by Gasteiger charge is 2.20. The summed E-state index contributed by atoms with van der Waals surface area (Å²) in [7, 11) is -3.61. The SMILES string of the molecule is CCCC(C)NS(=O)(=O)c1cc(C)c(F)c(CNCC)c1. The van der Waals surface area contributed by atoms with Gasteiger partial charge in [0.05, 0.1) is 4.90 Å². The van der Waals surface area contributed by atoms with Crippen molar-refractivity contribution in [2.45, 2.75) is 58.0 Å². The quantitative estimate of drug-likeness (QED) is 0.775. The average Bonchev–Trinajstić information content (AvgIpc) is 2.39. The third-order valence-electron chi connectivity index (χ3n) is 3.26. The molecule has 2 N–H and O–H groups in total. The molecule has 4 nitrogen and oxygen atoms in total. The summed E-state index contributed by atoms with van der Waals surface area (Å²) in [5.41, 5.74) is 0.717. The van der Waals surface area contributed by atoms with E-state index in [1.54, 1.807) is 6.92 Å². The van der Waals surface area contributed by atoms with E-state index in [4.69, 9.17) is 0 Å². The minimum Gasteiger partial charge on any atom is -0.313 e. The lowest BCUT2D eigenvalue weighted by Crippen LogP contribution is -2.32. The molecular formula is C15H25FN2O2S. The van der Waals surface area contributed by atoms with Crippen LogP contribution in [0.4, 0.5) is 4.39 Å². The van der Waals surface area contributed by atoms with Crippen LogP contribution in [0.25, 0.3) is 0 Å². The zero-order valence-electron chi connectivity index (χ0n) is 13.2. The Morgan fingerprint density at radius 3 is 2.52 bits per heavy atom. The van der Waals surface area contributed by atoms with E-state index in [1.165, 1.54) is 12.1 Å². The van der Waals surface area contributed by atoms with Crippen LogP contribution >= 0.6 is 0 Å². The van der Waals surface area contributed by atoms with Gasteiger partial charge in [-0.05, 0) is 44.5 Å². The van der Waals surface area contributed by atoms with Crippen LogP contribution in [0.15, 0.2) is 17.0 Å². The molecule has 1 aromatic rings. The van der Waals surface area contributed by atoms with Gasteiger partial charge >= 0.3 is 0 Å². The van der Waals surface area contributed by atoms with Crippen molar-refractivity contribution in [3.63, 3.8) is 0 Å². The van der Waals surface area contributed by atoms with Crippen LogP contribution in [0.3, 0.4) is 0 Å². The summed E-state index contributed by atoms with van der Waals surface area (Å²) in [4.78, 5) is 0.122. The smallest absolute Gasteiger partial charge is 0.240 e. The predicted octanol–water partition coefficient (Wildman–Crippen LogP) is 2.71. The molecule has 0 fully saturated rings. The molecule has 0 aliphatic rings. The molecule has 21 heavy (non-hydrogen) atoms. The van der Waals surface area contributed by atoms with Crippen molar-refractivity contribution in [3.05, 3.63) is 29.1 Å². The predicted molar refractivity (Wildman–Crippen MR) is 83.2 cm³/mol. The highest BCUT2D eigenvalue weighted by molar-refractivity contribution is 7.89. The maximum Gasteiger partial charge on any atom is 0.240 e. The van der Waals surface area contributed by atoms with Gasteiger partial charge in [0.25, 0.3) is 0 Å². The fourth-order valence-corrected chi connectivity index (χ4v) is 3.59. The minimum absolute atomic E-state index is 0.122. The Hall–Kier alpha value is -0.980. The van der Waals surface area contributed by atoms with Crippen LogP contribution in [0.2, 0.25) is 0 Å². The van der Waals surface area contributed by atoms with Crippen molar-refractivity contribution in [2.75, 3.05) is 6.54 Å². The summed E-state index contributed by atoms with van der Waals surface area (Å²) in [6.45, 7) is 8.34. The third kappa shape index (κ3) is 5.05. The van der Waals surface area contributed by atoms with E-state index >= 15 is 0 Å². The number of aryl methyl sites for hydroxylation is 1.